The van der Waals surface area contributed by atoms with Gasteiger partial charge in [0.25, 0.3) is 0 Å². The minimum Gasteiger partial charge on any atom is -0.317 e. The molecule has 0 bridgehead atoms. The van der Waals surface area contributed by atoms with Crippen LogP contribution in [0.15, 0.2) is 42.5 Å². The van der Waals surface area contributed by atoms with Crippen molar-refractivity contribution in [1.82, 2.24) is 10.2 Å². The molecule has 0 aromatic heterocycles. The number of hydrogen-bond acceptors (Lipinski definition) is 2. The number of nitrogens with one attached hydrogen (secondary N) is 1. The molecule has 2 aromatic carbocycles. The molecule has 0 radical (unpaired) electrons. The van der Waals surface area contributed by atoms with Crippen molar-refractivity contribution in [3.05, 3.63) is 48.0 Å². The van der Waals surface area contributed by atoms with Crippen LogP contribution in [0.3, 0.4) is 0 Å². The van der Waals surface area contributed by atoms with Crippen LogP contribution in [0.4, 0.5) is 0 Å². The van der Waals surface area contributed by atoms with E-state index < -0.39 is 0 Å². The third-order valence-electron chi connectivity index (χ3n) is 4.61. The van der Waals surface area contributed by atoms with Gasteiger partial charge in [0.2, 0.25) is 0 Å². The molecule has 1 aliphatic rings. The van der Waals surface area contributed by atoms with Crippen molar-refractivity contribution in [2.75, 3.05) is 26.2 Å². The van der Waals surface area contributed by atoms with E-state index in [4.69, 9.17) is 0 Å². The number of likely N-dealkylation sites (tertiary alicyclic amines) is 1. The minimum atomic E-state index is 0. The molecule has 1 heterocycles. The number of hydrogen-bond donors (Lipinski definition) is 1. The lowest BCUT2D eigenvalue weighted by atomic mass is 9.96. The van der Waals surface area contributed by atoms with Crippen LogP contribution in [-0.2, 0) is 6.54 Å². The summed E-state index contributed by atoms with van der Waals surface area (Å²) in [6.07, 6.45) is 2.67. The average molecular weight is 319 g/mol. The second-order valence-corrected chi connectivity index (χ2v) is 6.21. The minimum absolute atomic E-state index is 0. The van der Waals surface area contributed by atoms with Gasteiger partial charge in [0.1, 0.15) is 0 Å². The Balaban J connectivity index is 0.00000176. The molecule has 1 N–H and O–H groups in total. The van der Waals surface area contributed by atoms with Gasteiger partial charge in [-0.3, -0.25) is 4.90 Å². The van der Waals surface area contributed by atoms with Crippen LogP contribution in [-0.4, -0.2) is 31.1 Å². The van der Waals surface area contributed by atoms with E-state index in [1.807, 2.05) is 0 Å². The van der Waals surface area contributed by atoms with Crippen molar-refractivity contribution in [2.45, 2.75) is 26.3 Å². The number of nitrogens with zero attached hydrogens (tertiary/aromatic N) is 1. The van der Waals surface area contributed by atoms with Crippen LogP contribution < -0.4 is 5.32 Å². The molecule has 120 valence electrons. The Bertz CT molecular complexity index is 576. The van der Waals surface area contributed by atoms with Crippen molar-refractivity contribution in [3.63, 3.8) is 0 Å². The van der Waals surface area contributed by atoms with E-state index in [-0.39, 0.29) is 12.4 Å². The largest absolute Gasteiger partial charge is 0.317 e. The molecule has 1 aliphatic heterocycles. The predicted molar refractivity (Wildman–Crippen MR) is 97.7 cm³/mol. The summed E-state index contributed by atoms with van der Waals surface area (Å²) in [6.45, 7) is 8.05. The standard InChI is InChI=1S/C19H26N2.ClH/c1-2-20-14-16-9-11-21(12-10-16)15-17-7-8-18-5-3-4-6-19(18)13-17;/h3-8,13,16,20H,2,9-12,14-15H2,1H3;1H. The predicted octanol–water partition coefficient (Wildman–Crippen LogP) is 4.08. The van der Waals surface area contributed by atoms with E-state index in [0.29, 0.717) is 0 Å². The second kappa shape index (κ2) is 8.52. The quantitative estimate of drug-likeness (QED) is 0.893. The van der Waals surface area contributed by atoms with E-state index in [1.54, 1.807) is 0 Å². The molecule has 1 saturated heterocycles. The highest BCUT2D eigenvalue weighted by atomic mass is 35.5. The van der Waals surface area contributed by atoms with Gasteiger partial charge in [-0.25, -0.2) is 0 Å². The molecule has 22 heavy (non-hydrogen) atoms. The highest BCUT2D eigenvalue weighted by Gasteiger charge is 2.18. The van der Waals surface area contributed by atoms with E-state index in [0.717, 1.165) is 19.0 Å². The molecule has 3 rings (SSSR count). The maximum Gasteiger partial charge on any atom is 0.0233 e. The third kappa shape index (κ3) is 4.45. The normalized spacial score (nSPS) is 16.6. The fraction of sp³-hybridized carbons (Fsp3) is 0.474. The SMILES string of the molecule is CCNCC1CCN(Cc2ccc3ccccc3c2)CC1.Cl. The number of fused-ring (bicyclic) bond motifs is 1. The monoisotopic (exact) mass is 318 g/mol. The second-order valence-electron chi connectivity index (χ2n) is 6.21. The van der Waals surface area contributed by atoms with Crippen molar-refractivity contribution < 1.29 is 0 Å². The van der Waals surface area contributed by atoms with Gasteiger partial charge in [-0.2, -0.15) is 0 Å². The molecule has 2 aromatic rings. The van der Waals surface area contributed by atoms with Crippen LogP contribution in [0.1, 0.15) is 25.3 Å². The van der Waals surface area contributed by atoms with Crippen LogP contribution in [0.25, 0.3) is 10.8 Å². The van der Waals surface area contributed by atoms with Gasteiger partial charge in [-0.05, 0) is 67.3 Å². The van der Waals surface area contributed by atoms with Gasteiger partial charge in [0.15, 0.2) is 0 Å². The number of piperidine rings is 1. The molecule has 1 fully saturated rings. The summed E-state index contributed by atoms with van der Waals surface area (Å²) in [5, 5.41) is 6.18. The van der Waals surface area contributed by atoms with Crippen molar-refractivity contribution >= 4 is 23.2 Å². The van der Waals surface area contributed by atoms with E-state index >= 15 is 0 Å². The molecule has 0 spiro atoms. The zero-order valence-corrected chi connectivity index (χ0v) is 14.2. The fourth-order valence-corrected chi connectivity index (χ4v) is 3.29. The Morgan fingerprint density at radius 3 is 2.50 bits per heavy atom. The maximum atomic E-state index is 3.48. The van der Waals surface area contributed by atoms with Crippen molar-refractivity contribution in [1.29, 1.82) is 0 Å². The summed E-state index contributed by atoms with van der Waals surface area (Å²) in [5.41, 5.74) is 1.44. The van der Waals surface area contributed by atoms with Gasteiger partial charge < -0.3 is 5.32 Å². The van der Waals surface area contributed by atoms with Gasteiger partial charge >= 0.3 is 0 Å². The molecular weight excluding hydrogens is 292 g/mol. The fourth-order valence-electron chi connectivity index (χ4n) is 3.29. The zero-order valence-electron chi connectivity index (χ0n) is 13.4. The number of halogens is 1. The van der Waals surface area contributed by atoms with Crippen LogP contribution in [0, 0.1) is 5.92 Å². The van der Waals surface area contributed by atoms with Gasteiger partial charge in [-0.1, -0.05) is 43.3 Å². The lowest BCUT2D eigenvalue weighted by molar-refractivity contribution is 0.176. The first-order chi connectivity index (χ1) is 10.3. The molecule has 3 heteroatoms. The highest BCUT2D eigenvalue weighted by Crippen LogP contribution is 2.21. The summed E-state index contributed by atoms with van der Waals surface area (Å²) in [7, 11) is 0. The molecule has 0 unspecified atom stereocenters. The average Bonchev–Trinajstić information content (AvgIpc) is 2.54. The molecule has 0 amide bonds. The summed E-state index contributed by atoms with van der Waals surface area (Å²) >= 11 is 0. The molecule has 0 atom stereocenters. The Morgan fingerprint density at radius 2 is 1.77 bits per heavy atom. The lowest BCUT2D eigenvalue weighted by Crippen LogP contribution is -2.36. The summed E-state index contributed by atoms with van der Waals surface area (Å²) in [6, 6.07) is 15.5. The van der Waals surface area contributed by atoms with Crippen LogP contribution in [0.2, 0.25) is 0 Å². The molecule has 0 aliphatic carbocycles. The first-order valence-corrected chi connectivity index (χ1v) is 8.26. The van der Waals surface area contributed by atoms with Crippen molar-refractivity contribution in [3.8, 4) is 0 Å². The van der Waals surface area contributed by atoms with E-state index in [9.17, 15) is 0 Å². The Morgan fingerprint density at radius 1 is 1.05 bits per heavy atom. The maximum absolute atomic E-state index is 3.48. The van der Waals surface area contributed by atoms with Gasteiger partial charge in [0.05, 0.1) is 0 Å². The first-order valence-electron chi connectivity index (χ1n) is 8.26. The highest BCUT2D eigenvalue weighted by molar-refractivity contribution is 5.85. The van der Waals surface area contributed by atoms with Gasteiger partial charge in [-0.15, -0.1) is 12.4 Å². The topological polar surface area (TPSA) is 15.3 Å². The van der Waals surface area contributed by atoms with Crippen LogP contribution in [0.5, 0.6) is 0 Å². The summed E-state index contributed by atoms with van der Waals surface area (Å²) in [4.78, 5) is 2.60. The lowest BCUT2D eigenvalue weighted by Gasteiger charge is -2.32. The molecule has 0 saturated carbocycles. The Hall–Kier alpha value is -1.09. The Labute approximate surface area is 140 Å². The third-order valence-corrected chi connectivity index (χ3v) is 4.61. The smallest absolute Gasteiger partial charge is 0.0233 e. The molecular formula is C19H27ClN2. The first kappa shape index (κ1) is 17.3. The van der Waals surface area contributed by atoms with Crippen LogP contribution >= 0.6 is 12.4 Å². The Kier molecular flexibility index (Phi) is 6.69. The van der Waals surface area contributed by atoms with E-state index in [2.05, 4.69) is 59.6 Å². The summed E-state index contributed by atoms with van der Waals surface area (Å²) in [5.74, 6) is 0.873. The molecule has 2 nitrogen and oxygen atoms in total. The zero-order chi connectivity index (χ0) is 14.5. The van der Waals surface area contributed by atoms with Crippen molar-refractivity contribution in [2.24, 2.45) is 5.92 Å². The van der Waals surface area contributed by atoms with Gasteiger partial charge in [0, 0.05) is 6.54 Å². The number of rotatable bonds is 5. The van der Waals surface area contributed by atoms with E-state index in [1.165, 1.54) is 48.8 Å². The summed E-state index contributed by atoms with van der Waals surface area (Å²) < 4.78 is 0. The number of benzene rings is 2.